The molecule has 0 aliphatic rings. The van der Waals surface area contributed by atoms with Crippen molar-refractivity contribution in [3.63, 3.8) is 0 Å². The maximum absolute atomic E-state index is 10.5. The highest BCUT2D eigenvalue weighted by Gasteiger charge is 1.99. The van der Waals surface area contributed by atoms with E-state index in [2.05, 4.69) is 5.10 Å². The van der Waals surface area contributed by atoms with Crippen LogP contribution in [0.5, 0.6) is 0 Å². The summed E-state index contributed by atoms with van der Waals surface area (Å²) in [7, 11) is 3.64. The molecule has 0 unspecified atom stereocenters. The maximum atomic E-state index is 10.5. The normalized spacial score (nSPS) is 10.4. The number of aromatic carboxylic acids is 1. The summed E-state index contributed by atoms with van der Waals surface area (Å²) >= 11 is 0. The van der Waals surface area contributed by atoms with Crippen molar-refractivity contribution in [2.75, 3.05) is 14.1 Å². The van der Waals surface area contributed by atoms with Crippen LogP contribution in [0.3, 0.4) is 0 Å². The van der Waals surface area contributed by atoms with Gasteiger partial charge in [0.05, 0.1) is 11.8 Å². The Labute approximate surface area is 82.5 Å². The lowest BCUT2D eigenvalue weighted by Gasteiger charge is -2.02. The summed E-state index contributed by atoms with van der Waals surface area (Å²) in [5.41, 5.74) is 1.16. The van der Waals surface area contributed by atoms with E-state index >= 15 is 0 Å². The number of rotatable bonds is 3. The largest absolute Gasteiger partial charge is 0.478 e. The van der Waals surface area contributed by atoms with Crippen LogP contribution in [0.1, 0.15) is 15.9 Å². The van der Waals surface area contributed by atoms with Crippen molar-refractivity contribution in [3.8, 4) is 0 Å². The van der Waals surface area contributed by atoms with Crippen LogP contribution in [-0.2, 0) is 0 Å². The Bertz CT molecular complexity index is 342. The molecule has 0 atom stereocenters. The molecule has 0 radical (unpaired) electrons. The number of carbonyl (C=O) groups is 1. The van der Waals surface area contributed by atoms with Crippen molar-refractivity contribution >= 4 is 12.2 Å². The van der Waals surface area contributed by atoms with E-state index < -0.39 is 5.97 Å². The first kappa shape index (κ1) is 10.2. The van der Waals surface area contributed by atoms with Crippen LogP contribution in [0.15, 0.2) is 29.4 Å². The topological polar surface area (TPSA) is 52.9 Å². The van der Waals surface area contributed by atoms with Crippen LogP contribution < -0.4 is 0 Å². The fourth-order valence-corrected chi connectivity index (χ4v) is 0.894. The van der Waals surface area contributed by atoms with Crippen LogP contribution in [0.2, 0.25) is 0 Å². The van der Waals surface area contributed by atoms with Gasteiger partial charge in [0.25, 0.3) is 0 Å². The van der Waals surface area contributed by atoms with E-state index in [0.717, 1.165) is 5.56 Å². The van der Waals surface area contributed by atoms with Crippen LogP contribution in [0.25, 0.3) is 0 Å². The van der Waals surface area contributed by atoms with Crippen molar-refractivity contribution in [1.29, 1.82) is 0 Å². The van der Waals surface area contributed by atoms with Crippen LogP contribution in [0, 0.1) is 0 Å². The third-order valence-corrected chi connectivity index (χ3v) is 1.60. The molecule has 1 N–H and O–H groups in total. The Kier molecular flexibility index (Phi) is 3.23. The number of benzene rings is 1. The molecule has 0 aromatic heterocycles. The van der Waals surface area contributed by atoms with E-state index in [0.29, 0.717) is 0 Å². The molecule has 0 saturated carbocycles. The molecule has 74 valence electrons. The zero-order valence-electron chi connectivity index (χ0n) is 8.14. The molecule has 1 aromatic rings. The Hall–Kier alpha value is -1.84. The molecule has 1 rings (SSSR count). The molecule has 0 heterocycles. The zero-order chi connectivity index (χ0) is 10.6. The molecule has 0 saturated heterocycles. The summed E-state index contributed by atoms with van der Waals surface area (Å²) in [6, 6.07) is 6.55. The average molecular weight is 192 g/mol. The smallest absolute Gasteiger partial charge is 0.335 e. The quantitative estimate of drug-likeness (QED) is 0.579. The monoisotopic (exact) mass is 192 g/mol. The van der Waals surface area contributed by atoms with Gasteiger partial charge in [-0.25, -0.2) is 4.79 Å². The zero-order valence-corrected chi connectivity index (χ0v) is 8.14. The first-order valence-electron chi connectivity index (χ1n) is 4.14. The molecule has 14 heavy (non-hydrogen) atoms. The molecule has 0 aliphatic heterocycles. The minimum Gasteiger partial charge on any atom is -0.478 e. The summed E-state index contributed by atoms with van der Waals surface area (Å²) in [6.45, 7) is 0. The predicted octanol–water partition coefficient (Wildman–Crippen LogP) is 1.28. The minimum absolute atomic E-state index is 0.284. The van der Waals surface area contributed by atoms with Gasteiger partial charge in [-0.2, -0.15) is 5.10 Å². The number of carboxylic acids is 1. The highest BCUT2D eigenvalue weighted by atomic mass is 16.4. The highest BCUT2D eigenvalue weighted by Crippen LogP contribution is 2.02. The van der Waals surface area contributed by atoms with Gasteiger partial charge in [-0.1, -0.05) is 12.1 Å². The van der Waals surface area contributed by atoms with Crippen LogP contribution in [0.4, 0.5) is 0 Å². The van der Waals surface area contributed by atoms with Gasteiger partial charge in [-0.3, -0.25) is 0 Å². The molecule has 4 heteroatoms. The van der Waals surface area contributed by atoms with E-state index in [1.807, 2.05) is 14.1 Å². The van der Waals surface area contributed by atoms with Crippen molar-refractivity contribution in [2.24, 2.45) is 5.10 Å². The third-order valence-electron chi connectivity index (χ3n) is 1.60. The van der Waals surface area contributed by atoms with Crippen molar-refractivity contribution < 1.29 is 9.90 Å². The molecular weight excluding hydrogens is 180 g/mol. The van der Waals surface area contributed by atoms with E-state index in [-0.39, 0.29) is 5.56 Å². The lowest BCUT2D eigenvalue weighted by atomic mass is 10.1. The fourth-order valence-electron chi connectivity index (χ4n) is 0.894. The SMILES string of the molecule is CN(C)/N=C/c1ccc(C(=O)O)cc1. The minimum atomic E-state index is -0.916. The maximum Gasteiger partial charge on any atom is 0.335 e. The van der Waals surface area contributed by atoms with Gasteiger partial charge in [-0.15, -0.1) is 0 Å². The first-order valence-corrected chi connectivity index (χ1v) is 4.14. The second-order valence-electron chi connectivity index (χ2n) is 3.02. The van der Waals surface area contributed by atoms with Crippen LogP contribution in [-0.4, -0.2) is 36.4 Å². The summed E-state index contributed by atoms with van der Waals surface area (Å²) in [5, 5.41) is 14.4. The van der Waals surface area contributed by atoms with Gasteiger partial charge in [-0.05, 0) is 17.7 Å². The molecule has 0 spiro atoms. The lowest BCUT2D eigenvalue weighted by molar-refractivity contribution is 0.0697. The second-order valence-corrected chi connectivity index (χ2v) is 3.02. The van der Waals surface area contributed by atoms with Crippen LogP contribution >= 0.6 is 0 Å². The molecule has 0 aliphatic carbocycles. The molecule has 0 bridgehead atoms. The number of nitrogens with zero attached hydrogens (tertiary/aromatic N) is 2. The lowest BCUT2D eigenvalue weighted by Crippen LogP contribution is -2.02. The molecule has 4 nitrogen and oxygen atoms in total. The average Bonchev–Trinajstić information content (AvgIpc) is 2.15. The van der Waals surface area contributed by atoms with E-state index in [1.165, 1.54) is 0 Å². The van der Waals surface area contributed by atoms with E-state index in [1.54, 1.807) is 35.5 Å². The standard InChI is InChI=1S/C10H12N2O2/c1-12(2)11-7-8-3-5-9(6-4-8)10(13)14/h3-7H,1-2H3,(H,13,14)/b11-7+. The fraction of sp³-hybridized carbons (Fsp3) is 0.200. The first-order chi connectivity index (χ1) is 6.59. The van der Waals surface area contributed by atoms with Crippen molar-refractivity contribution in [1.82, 2.24) is 5.01 Å². The Morgan fingerprint density at radius 3 is 2.36 bits per heavy atom. The highest BCUT2D eigenvalue weighted by molar-refractivity contribution is 5.89. The van der Waals surface area contributed by atoms with E-state index in [9.17, 15) is 4.79 Å². The summed E-state index contributed by atoms with van der Waals surface area (Å²) in [6.07, 6.45) is 1.67. The van der Waals surface area contributed by atoms with Gasteiger partial charge in [0, 0.05) is 14.1 Å². The van der Waals surface area contributed by atoms with Gasteiger partial charge in [0.2, 0.25) is 0 Å². The predicted molar refractivity (Wildman–Crippen MR) is 54.7 cm³/mol. The molecule has 0 fully saturated rings. The third kappa shape index (κ3) is 2.90. The Balaban J connectivity index is 2.78. The summed E-state index contributed by atoms with van der Waals surface area (Å²) in [5.74, 6) is -0.916. The van der Waals surface area contributed by atoms with E-state index in [4.69, 9.17) is 5.11 Å². The second kappa shape index (κ2) is 4.41. The Morgan fingerprint density at radius 2 is 1.93 bits per heavy atom. The summed E-state index contributed by atoms with van der Waals surface area (Å²) < 4.78 is 0. The van der Waals surface area contributed by atoms with Crippen molar-refractivity contribution in [3.05, 3.63) is 35.4 Å². The molecule has 0 amide bonds. The van der Waals surface area contributed by atoms with Crippen molar-refractivity contribution in [2.45, 2.75) is 0 Å². The molecule has 1 aromatic carbocycles. The van der Waals surface area contributed by atoms with Gasteiger partial charge >= 0.3 is 5.97 Å². The van der Waals surface area contributed by atoms with Gasteiger partial charge in [0.15, 0.2) is 0 Å². The van der Waals surface area contributed by atoms with Gasteiger partial charge < -0.3 is 10.1 Å². The number of hydrazone groups is 1. The van der Waals surface area contributed by atoms with Gasteiger partial charge in [0.1, 0.15) is 0 Å². The Morgan fingerprint density at radius 1 is 1.36 bits per heavy atom. The summed E-state index contributed by atoms with van der Waals surface area (Å²) in [4.78, 5) is 10.5. The number of hydrogen-bond acceptors (Lipinski definition) is 3. The number of carboxylic acid groups (broad SMARTS) is 1. The molecular formula is C10H12N2O2. The number of hydrogen-bond donors (Lipinski definition) is 1.